The molecule has 1 aromatic heterocycles. The molecule has 1 unspecified atom stereocenters. The molecule has 0 bridgehead atoms. The van der Waals surface area contributed by atoms with Gasteiger partial charge in [-0.25, -0.2) is 4.79 Å². The lowest BCUT2D eigenvalue weighted by atomic mass is 9.98. The number of piperidine rings is 1. The average molecular weight is 519 g/mol. The number of ether oxygens (including phenoxy) is 1. The summed E-state index contributed by atoms with van der Waals surface area (Å²) in [6.07, 6.45) is 3.92. The predicted octanol–water partition coefficient (Wildman–Crippen LogP) is 3.69. The number of aromatic nitrogens is 1. The zero-order valence-electron chi connectivity index (χ0n) is 18.8. The van der Waals surface area contributed by atoms with Gasteiger partial charge in [0.1, 0.15) is 5.60 Å². The summed E-state index contributed by atoms with van der Waals surface area (Å²) in [6.45, 7) is 11.6. The maximum absolute atomic E-state index is 12.4. The molecule has 2 heterocycles. The summed E-state index contributed by atoms with van der Waals surface area (Å²) in [5, 5.41) is 3.38. The van der Waals surface area contributed by atoms with Crippen LogP contribution in [0.3, 0.4) is 0 Å². The minimum Gasteiger partial charge on any atom is -0.444 e. The third-order valence-corrected chi connectivity index (χ3v) is 4.82. The molecule has 2 rings (SSSR count). The van der Waals surface area contributed by atoms with Crippen LogP contribution in [-0.4, -0.2) is 65.2 Å². The summed E-state index contributed by atoms with van der Waals surface area (Å²) in [5.74, 6) is 1.26. The van der Waals surface area contributed by atoms with Crippen molar-refractivity contribution in [1.29, 1.82) is 0 Å². The highest BCUT2D eigenvalue weighted by molar-refractivity contribution is 14.0. The van der Waals surface area contributed by atoms with Crippen LogP contribution in [0.15, 0.2) is 23.3 Å². The Morgan fingerprint density at radius 3 is 2.72 bits per heavy atom. The van der Waals surface area contributed by atoms with Gasteiger partial charge in [-0.1, -0.05) is 0 Å². The van der Waals surface area contributed by atoms with Gasteiger partial charge in [0.15, 0.2) is 5.96 Å². The third kappa shape index (κ3) is 8.44. The Labute approximate surface area is 192 Å². The minimum atomic E-state index is -0.458. The summed E-state index contributed by atoms with van der Waals surface area (Å²) < 4.78 is 7.65. The van der Waals surface area contributed by atoms with E-state index in [4.69, 9.17) is 9.73 Å². The number of likely N-dealkylation sites (tertiary alicyclic amines) is 1. The fourth-order valence-electron chi connectivity index (χ4n) is 3.37. The molecular formula is C21H38IN5O2. The third-order valence-electron chi connectivity index (χ3n) is 4.82. The predicted molar refractivity (Wildman–Crippen MR) is 129 cm³/mol. The van der Waals surface area contributed by atoms with E-state index in [9.17, 15) is 4.79 Å². The van der Waals surface area contributed by atoms with E-state index >= 15 is 0 Å². The molecule has 0 spiro atoms. The number of guanidine groups is 1. The van der Waals surface area contributed by atoms with Crippen molar-refractivity contribution in [3.63, 3.8) is 0 Å². The maximum atomic E-state index is 12.4. The number of carbonyl (C=O) groups is 1. The van der Waals surface area contributed by atoms with E-state index in [1.807, 2.05) is 25.7 Å². The van der Waals surface area contributed by atoms with Crippen LogP contribution in [0.25, 0.3) is 0 Å². The molecule has 0 radical (unpaired) electrons. The second kappa shape index (κ2) is 11.7. The molecule has 0 saturated carbocycles. The molecule has 166 valence electrons. The first-order chi connectivity index (χ1) is 13.2. The van der Waals surface area contributed by atoms with Crippen molar-refractivity contribution in [3.8, 4) is 0 Å². The summed E-state index contributed by atoms with van der Waals surface area (Å²) >= 11 is 0. The molecule has 1 saturated heterocycles. The van der Waals surface area contributed by atoms with E-state index in [1.165, 1.54) is 5.69 Å². The molecule has 0 aliphatic carbocycles. The second-order valence-corrected chi connectivity index (χ2v) is 8.60. The summed E-state index contributed by atoms with van der Waals surface area (Å²) in [4.78, 5) is 21.2. The van der Waals surface area contributed by atoms with Gasteiger partial charge in [0, 0.05) is 52.2 Å². The quantitative estimate of drug-likeness (QED) is 0.366. The van der Waals surface area contributed by atoms with Gasteiger partial charge in [-0.15, -0.1) is 24.0 Å². The van der Waals surface area contributed by atoms with E-state index in [0.717, 1.165) is 38.4 Å². The number of hydrogen-bond donors (Lipinski definition) is 1. The molecule has 1 aromatic rings. The monoisotopic (exact) mass is 519 g/mol. The van der Waals surface area contributed by atoms with Crippen LogP contribution in [0.1, 0.15) is 46.2 Å². The molecular weight excluding hydrogens is 481 g/mol. The van der Waals surface area contributed by atoms with Gasteiger partial charge in [-0.3, -0.25) is 4.99 Å². The molecule has 1 aliphatic heterocycles. The van der Waals surface area contributed by atoms with Crippen molar-refractivity contribution in [2.45, 2.75) is 52.7 Å². The molecule has 8 heteroatoms. The zero-order valence-corrected chi connectivity index (χ0v) is 21.1. The topological polar surface area (TPSA) is 62.1 Å². The molecule has 1 aliphatic rings. The Bertz CT molecular complexity index is 668. The van der Waals surface area contributed by atoms with Gasteiger partial charge in [-0.2, -0.15) is 0 Å². The number of aliphatic imine (C=N–C) groups is 1. The Morgan fingerprint density at radius 2 is 2.14 bits per heavy atom. The van der Waals surface area contributed by atoms with Crippen LogP contribution in [-0.2, 0) is 18.3 Å². The highest BCUT2D eigenvalue weighted by Crippen LogP contribution is 2.19. The number of amides is 1. The number of aryl methyl sites for hydroxylation is 1. The lowest BCUT2D eigenvalue weighted by Gasteiger charge is -2.33. The van der Waals surface area contributed by atoms with Gasteiger partial charge in [0.05, 0.1) is 6.54 Å². The van der Waals surface area contributed by atoms with Gasteiger partial charge >= 0.3 is 6.09 Å². The van der Waals surface area contributed by atoms with Gasteiger partial charge in [0.2, 0.25) is 0 Å². The van der Waals surface area contributed by atoms with Gasteiger partial charge in [0.25, 0.3) is 0 Å². The lowest BCUT2D eigenvalue weighted by molar-refractivity contribution is 0.0170. The van der Waals surface area contributed by atoms with E-state index in [1.54, 1.807) is 0 Å². The summed E-state index contributed by atoms with van der Waals surface area (Å²) in [7, 11) is 4.11. The molecule has 0 aromatic carbocycles. The van der Waals surface area contributed by atoms with Crippen molar-refractivity contribution in [2.75, 3.05) is 33.2 Å². The van der Waals surface area contributed by atoms with Crippen molar-refractivity contribution in [3.05, 3.63) is 24.0 Å². The molecule has 1 N–H and O–H groups in total. The smallest absolute Gasteiger partial charge is 0.410 e. The number of rotatable bonds is 5. The van der Waals surface area contributed by atoms with E-state index in [-0.39, 0.29) is 30.1 Å². The Morgan fingerprint density at radius 1 is 1.41 bits per heavy atom. The van der Waals surface area contributed by atoms with E-state index in [2.05, 4.69) is 54.1 Å². The van der Waals surface area contributed by atoms with Crippen molar-refractivity contribution >= 4 is 36.0 Å². The van der Waals surface area contributed by atoms with Crippen LogP contribution in [0.4, 0.5) is 4.79 Å². The van der Waals surface area contributed by atoms with Crippen LogP contribution in [0.5, 0.6) is 0 Å². The first-order valence-electron chi connectivity index (χ1n) is 10.3. The van der Waals surface area contributed by atoms with Crippen molar-refractivity contribution in [1.82, 2.24) is 19.7 Å². The number of nitrogens with zero attached hydrogens (tertiary/aromatic N) is 4. The Hall–Kier alpha value is -1.45. The first-order valence-corrected chi connectivity index (χ1v) is 10.3. The fraction of sp³-hybridized carbons (Fsp3) is 0.714. The fourth-order valence-corrected chi connectivity index (χ4v) is 3.37. The summed E-state index contributed by atoms with van der Waals surface area (Å²) in [6, 6.07) is 4.18. The number of nitrogens with one attached hydrogen (secondary N) is 1. The highest BCUT2D eigenvalue weighted by atomic mass is 127. The minimum absolute atomic E-state index is 0. The molecule has 1 atom stereocenters. The Balaban J connectivity index is 0.00000420. The zero-order chi connectivity index (χ0) is 20.7. The summed E-state index contributed by atoms with van der Waals surface area (Å²) in [5.41, 5.74) is 0.780. The standard InChI is InChI=1S/C21H37N5O2.HI/c1-7-22-19(25(6)16-18-11-9-12-24(18)5)23-14-17-10-8-13-26(15-17)20(27)28-21(2,3)4;/h9,11-12,17H,7-8,10,13-16H2,1-6H3,(H,22,23);1H. The maximum Gasteiger partial charge on any atom is 0.410 e. The van der Waals surface area contributed by atoms with E-state index < -0.39 is 5.60 Å². The largest absolute Gasteiger partial charge is 0.444 e. The van der Waals surface area contributed by atoms with Gasteiger partial charge in [-0.05, 0) is 58.6 Å². The van der Waals surface area contributed by atoms with Gasteiger partial charge < -0.3 is 24.4 Å². The van der Waals surface area contributed by atoms with Crippen LogP contribution >= 0.6 is 24.0 Å². The van der Waals surface area contributed by atoms with Crippen molar-refractivity contribution < 1.29 is 9.53 Å². The number of hydrogen-bond acceptors (Lipinski definition) is 3. The average Bonchev–Trinajstić information content (AvgIpc) is 3.02. The lowest BCUT2D eigenvalue weighted by Crippen LogP contribution is -2.44. The van der Waals surface area contributed by atoms with Crippen molar-refractivity contribution in [2.24, 2.45) is 18.0 Å². The number of halogens is 1. The highest BCUT2D eigenvalue weighted by Gasteiger charge is 2.27. The van der Waals surface area contributed by atoms with Crippen LogP contribution in [0, 0.1) is 5.92 Å². The second-order valence-electron chi connectivity index (χ2n) is 8.60. The SMILES string of the molecule is CCNC(=NCC1CCCN(C(=O)OC(C)(C)C)C1)N(C)Cc1cccn1C.I. The van der Waals surface area contributed by atoms with Crippen LogP contribution in [0.2, 0.25) is 0 Å². The van der Waals surface area contributed by atoms with Crippen LogP contribution < -0.4 is 5.32 Å². The Kier molecular flexibility index (Phi) is 10.3. The van der Waals surface area contributed by atoms with E-state index in [0.29, 0.717) is 19.0 Å². The number of carbonyl (C=O) groups excluding carboxylic acids is 1. The normalized spacial score (nSPS) is 17.5. The molecule has 1 fully saturated rings. The molecule has 29 heavy (non-hydrogen) atoms. The molecule has 7 nitrogen and oxygen atoms in total. The molecule has 1 amide bonds. The first kappa shape index (κ1) is 25.6.